The van der Waals surface area contributed by atoms with E-state index in [1.54, 1.807) is 6.07 Å². The van der Waals surface area contributed by atoms with E-state index in [0.717, 1.165) is 55.2 Å². The third-order valence-electron chi connectivity index (χ3n) is 8.51. The third-order valence-corrected chi connectivity index (χ3v) is 8.51. The molecule has 2 aromatic carbocycles. The lowest BCUT2D eigenvalue weighted by Gasteiger charge is -2.32. The molecule has 8 nitrogen and oxygen atoms in total. The van der Waals surface area contributed by atoms with E-state index >= 15 is 0 Å². The number of aryl methyl sites for hydroxylation is 1. The highest BCUT2D eigenvalue weighted by molar-refractivity contribution is 5.79. The zero-order valence-electron chi connectivity index (χ0n) is 25.6. The number of nitrogens with one attached hydrogen (secondary N) is 1. The molecular formula is C35H46N2O6. The smallest absolute Gasteiger partial charge is 0.302 e. The molecule has 2 unspecified atom stereocenters. The molecule has 1 aliphatic heterocycles. The zero-order valence-corrected chi connectivity index (χ0v) is 25.6. The fourth-order valence-corrected chi connectivity index (χ4v) is 6.48. The molecule has 0 spiro atoms. The molecule has 8 heteroatoms. The van der Waals surface area contributed by atoms with Crippen LogP contribution in [0.1, 0.15) is 75.5 Å². The van der Waals surface area contributed by atoms with E-state index in [1.807, 2.05) is 18.2 Å². The number of dihydropyridines is 1. The van der Waals surface area contributed by atoms with Gasteiger partial charge in [0.1, 0.15) is 12.2 Å². The van der Waals surface area contributed by atoms with E-state index in [4.69, 9.17) is 19.9 Å². The molecule has 1 aliphatic carbocycles. The van der Waals surface area contributed by atoms with Crippen LogP contribution in [0.2, 0.25) is 0 Å². The summed E-state index contributed by atoms with van der Waals surface area (Å²) in [6, 6.07) is 14.2. The normalized spacial score (nSPS) is 19.7. The topological polar surface area (TPSA) is 120 Å². The number of hydrogen-bond acceptors (Lipinski definition) is 8. The summed E-state index contributed by atoms with van der Waals surface area (Å²) in [5, 5.41) is 13.6. The monoisotopic (exact) mass is 590 g/mol. The average Bonchev–Trinajstić information content (AvgIpc) is 2.97. The van der Waals surface area contributed by atoms with E-state index in [9.17, 15) is 14.7 Å². The average molecular weight is 591 g/mol. The minimum Gasteiger partial charge on any atom is -0.504 e. The molecule has 1 saturated carbocycles. The van der Waals surface area contributed by atoms with Crippen LogP contribution >= 0.6 is 0 Å². The number of phenols is 1. The van der Waals surface area contributed by atoms with Crippen molar-refractivity contribution in [2.24, 2.45) is 17.6 Å². The number of methoxy groups -OCH3 is 1. The van der Waals surface area contributed by atoms with Crippen molar-refractivity contribution in [1.82, 2.24) is 5.32 Å². The summed E-state index contributed by atoms with van der Waals surface area (Å²) in [6.07, 6.45) is 11.0. The van der Waals surface area contributed by atoms with Crippen LogP contribution in [-0.2, 0) is 31.9 Å². The largest absolute Gasteiger partial charge is 0.504 e. The van der Waals surface area contributed by atoms with Crippen molar-refractivity contribution < 1.29 is 28.9 Å². The van der Waals surface area contributed by atoms with E-state index in [-0.39, 0.29) is 23.8 Å². The van der Waals surface area contributed by atoms with Crippen LogP contribution in [0, 0.1) is 11.8 Å². The molecule has 2 aliphatic rings. The van der Waals surface area contributed by atoms with Gasteiger partial charge >= 0.3 is 11.9 Å². The lowest BCUT2D eigenvalue weighted by atomic mass is 9.77. The molecule has 0 radical (unpaired) electrons. The summed E-state index contributed by atoms with van der Waals surface area (Å²) in [6.45, 7) is 3.42. The standard InChI is InChI=1S/C35H46N2O6/c1-23(38)42-30(14-13-28-19-34(41-3)33(40)22-32(28)29-15-16-37-35(36)20-29)21-31(43-24(2)39)18-27-11-9-26(10-12-27)17-25-7-5-4-6-8-25/h4-8,15,19-20,22,26-27,30-31,37,40H,9-14,16-18,21,36H2,1-3H3. The van der Waals surface area contributed by atoms with Gasteiger partial charge in [0.25, 0.3) is 0 Å². The fraction of sp³-hybridized carbons (Fsp3) is 0.486. The maximum atomic E-state index is 12.1. The lowest BCUT2D eigenvalue weighted by Crippen LogP contribution is -2.30. The molecule has 4 rings (SSSR count). The van der Waals surface area contributed by atoms with Crippen LogP contribution in [-0.4, -0.2) is 42.9 Å². The molecule has 0 saturated heterocycles. The van der Waals surface area contributed by atoms with Gasteiger partial charge in [0, 0.05) is 26.8 Å². The molecule has 2 aromatic rings. The molecule has 43 heavy (non-hydrogen) atoms. The highest BCUT2D eigenvalue weighted by Crippen LogP contribution is 2.37. The number of aromatic hydroxyl groups is 1. The second kappa shape index (κ2) is 15.5. The van der Waals surface area contributed by atoms with Crippen molar-refractivity contribution in [3.05, 3.63) is 77.1 Å². The Labute approximate surface area is 255 Å². The van der Waals surface area contributed by atoms with Gasteiger partial charge < -0.3 is 30.4 Å². The summed E-state index contributed by atoms with van der Waals surface area (Å²) in [5.74, 6) is 1.41. The fourth-order valence-electron chi connectivity index (χ4n) is 6.48. The number of nitrogens with two attached hydrogens (primary N) is 1. The number of ether oxygens (including phenoxy) is 3. The molecule has 2 atom stereocenters. The van der Waals surface area contributed by atoms with Crippen LogP contribution in [0.15, 0.2) is 60.4 Å². The van der Waals surface area contributed by atoms with Crippen molar-refractivity contribution >= 4 is 17.5 Å². The number of phenolic OH excluding ortho intramolecular Hbond substituents is 1. The van der Waals surface area contributed by atoms with Crippen LogP contribution in [0.4, 0.5) is 0 Å². The number of hydrogen-bond donors (Lipinski definition) is 3. The van der Waals surface area contributed by atoms with Crippen LogP contribution in [0.3, 0.4) is 0 Å². The van der Waals surface area contributed by atoms with E-state index < -0.39 is 6.10 Å². The van der Waals surface area contributed by atoms with Gasteiger partial charge in [-0.05, 0) is 90.8 Å². The summed E-state index contributed by atoms with van der Waals surface area (Å²) in [5.41, 5.74) is 10.1. The quantitative estimate of drug-likeness (QED) is 0.250. The number of esters is 2. The van der Waals surface area contributed by atoms with Crippen molar-refractivity contribution in [1.29, 1.82) is 0 Å². The van der Waals surface area contributed by atoms with Crippen molar-refractivity contribution in [2.75, 3.05) is 13.7 Å². The van der Waals surface area contributed by atoms with Gasteiger partial charge in [-0.15, -0.1) is 0 Å². The van der Waals surface area contributed by atoms with Gasteiger partial charge in [0.15, 0.2) is 11.5 Å². The molecule has 0 amide bonds. The summed E-state index contributed by atoms with van der Waals surface area (Å²) >= 11 is 0. The molecule has 0 bridgehead atoms. The van der Waals surface area contributed by atoms with Crippen molar-refractivity contribution in [3.63, 3.8) is 0 Å². The van der Waals surface area contributed by atoms with E-state index in [2.05, 4.69) is 35.6 Å². The minimum atomic E-state index is -0.438. The van der Waals surface area contributed by atoms with E-state index in [0.29, 0.717) is 49.2 Å². The van der Waals surface area contributed by atoms with Gasteiger partial charge in [-0.25, -0.2) is 0 Å². The number of benzene rings is 2. The van der Waals surface area contributed by atoms with Gasteiger partial charge in [0.2, 0.25) is 0 Å². The van der Waals surface area contributed by atoms with Crippen molar-refractivity contribution in [2.45, 2.75) is 83.8 Å². The Morgan fingerprint density at radius 1 is 1.00 bits per heavy atom. The van der Waals surface area contributed by atoms with Gasteiger partial charge in [-0.1, -0.05) is 49.2 Å². The first kappa shape index (κ1) is 32.0. The van der Waals surface area contributed by atoms with E-state index in [1.165, 1.54) is 26.5 Å². The predicted molar refractivity (Wildman–Crippen MR) is 167 cm³/mol. The Hall–Kier alpha value is -3.94. The first-order chi connectivity index (χ1) is 20.7. The summed E-state index contributed by atoms with van der Waals surface area (Å²) in [4.78, 5) is 24.2. The summed E-state index contributed by atoms with van der Waals surface area (Å²) < 4.78 is 17.0. The Morgan fingerprint density at radius 3 is 2.33 bits per heavy atom. The molecule has 0 aromatic heterocycles. The Kier molecular flexibility index (Phi) is 11.5. The van der Waals surface area contributed by atoms with Crippen molar-refractivity contribution in [3.8, 4) is 11.5 Å². The highest BCUT2D eigenvalue weighted by atomic mass is 16.6. The predicted octanol–water partition coefficient (Wildman–Crippen LogP) is 5.81. The lowest BCUT2D eigenvalue weighted by molar-refractivity contribution is -0.153. The molecule has 232 valence electrons. The molecule has 1 heterocycles. The van der Waals surface area contributed by atoms with Crippen LogP contribution in [0.25, 0.3) is 5.57 Å². The van der Waals surface area contributed by atoms with Gasteiger partial charge in [-0.3, -0.25) is 9.59 Å². The SMILES string of the molecule is COc1cc(CCC(CC(CC2CCC(Cc3ccccc3)CC2)OC(C)=O)OC(C)=O)c(C2=CCNC(N)=C2)cc1O. The second-order valence-electron chi connectivity index (χ2n) is 11.9. The van der Waals surface area contributed by atoms with Gasteiger partial charge in [0.05, 0.1) is 12.9 Å². The third kappa shape index (κ3) is 9.80. The number of carbonyl (C=O) groups excluding carboxylic acids is 2. The Morgan fingerprint density at radius 2 is 1.67 bits per heavy atom. The number of allylic oxidation sites excluding steroid dienone is 2. The first-order valence-electron chi connectivity index (χ1n) is 15.4. The summed E-state index contributed by atoms with van der Waals surface area (Å²) in [7, 11) is 1.51. The molecule has 4 N–H and O–H groups in total. The zero-order chi connectivity index (χ0) is 30.8. The minimum absolute atomic E-state index is 0.0394. The second-order valence-corrected chi connectivity index (χ2v) is 11.9. The van der Waals surface area contributed by atoms with Crippen LogP contribution < -0.4 is 15.8 Å². The Balaban J connectivity index is 1.43. The molecule has 1 fully saturated rings. The van der Waals surface area contributed by atoms with Gasteiger partial charge in [-0.2, -0.15) is 0 Å². The van der Waals surface area contributed by atoms with Crippen LogP contribution in [0.5, 0.6) is 11.5 Å². The maximum Gasteiger partial charge on any atom is 0.302 e. The highest BCUT2D eigenvalue weighted by Gasteiger charge is 2.28. The Bertz CT molecular complexity index is 1300. The maximum absolute atomic E-state index is 12.1. The number of carbonyl (C=O) groups is 2. The number of rotatable bonds is 13. The first-order valence-corrected chi connectivity index (χ1v) is 15.4. The molecular weight excluding hydrogens is 544 g/mol.